The van der Waals surface area contributed by atoms with Gasteiger partial charge in [-0.2, -0.15) is 4.98 Å². The summed E-state index contributed by atoms with van der Waals surface area (Å²) >= 11 is 0. The van der Waals surface area contributed by atoms with E-state index in [2.05, 4.69) is 15.5 Å². The quantitative estimate of drug-likeness (QED) is 0.690. The Kier molecular flexibility index (Phi) is 5.71. The van der Waals surface area contributed by atoms with Crippen LogP contribution in [0.1, 0.15) is 18.4 Å². The highest BCUT2D eigenvalue weighted by Gasteiger charge is 2.18. The Bertz CT molecular complexity index is 923. The van der Waals surface area contributed by atoms with Gasteiger partial charge < -0.3 is 19.3 Å². The lowest BCUT2D eigenvalue weighted by molar-refractivity contribution is -0.127. The van der Waals surface area contributed by atoms with Crippen molar-refractivity contribution in [3.05, 3.63) is 60.0 Å². The van der Waals surface area contributed by atoms with Crippen molar-refractivity contribution < 1.29 is 18.8 Å². The van der Waals surface area contributed by atoms with E-state index in [1.165, 1.54) is 0 Å². The van der Waals surface area contributed by atoms with E-state index >= 15 is 0 Å². The fourth-order valence-corrected chi connectivity index (χ4v) is 2.49. The van der Waals surface area contributed by atoms with Gasteiger partial charge in [-0.1, -0.05) is 41.1 Å². The number of amides is 1. The molecule has 27 heavy (non-hydrogen) atoms. The van der Waals surface area contributed by atoms with E-state index in [4.69, 9.17) is 14.0 Å². The molecule has 1 atom stereocenters. The summed E-state index contributed by atoms with van der Waals surface area (Å²) in [6, 6.07) is 15.0. The fraction of sp³-hybridized carbons (Fsp3) is 0.250. The predicted molar refractivity (Wildman–Crippen MR) is 99.4 cm³/mol. The first-order valence-electron chi connectivity index (χ1n) is 8.54. The van der Waals surface area contributed by atoms with Crippen LogP contribution in [0.15, 0.2) is 53.1 Å². The molecule has 140 valence electrons. The van der Waals surface area contributed by atoms with Crippen molar-refractivity contribution in [2.45, 2.75) is 26.5 Å². The number of carbonyl (C=O) groups is 1. The van der Waals surface area contributed by atoms with Gasteiger partial charge in [0.1, 0.15) is 0 Å². The number of methoxy groups -OCH3 is 1. The second kappa shape index (κ2) is 8.35. The number of hydrogen-bond donors (Lipinski definition) is 1. The topological polar surface area (TPSA) is 86.5 Å². The van der Waals surface area contributed by atoms with Crippen molar-refractivity contribution in [3.8, 4) is 22.9 Å². The van der Waals surface area contributed by atoms with Gasteiger partial charge in [0, 0.05) is 5.56 Å². The molecular formula is C20H21N3O4. The largest absolute Gasteiger partial charge is 0.493 e. The van der Waals surface area contributed by atoms with Crippen molar-refractivity contribution in [1.29, 1.82) is 0 Å². The molecular weight excluding hydrogens is 346 g/mol. The maximum Gasteiger partial charge on any atom is 0.261 e. The van der Waals surface area contributed by atoms with Gasteiger partial charge in [0.2, 0.25) is 11.7 Å². The summed E-state index contributed by atoms with van der Waals surface area (Å²) in [6.45, 7) is 3.78. The van der Waals surface area contributed by atoms with Crippen LogP contribution in [0.25, 0.3) is 11.4 Å². The number of nitrogens with one attached hydrogen (secondary N) is 1. The summed E-state index contributed by atoms with van der Waals surface area (Å²) in [5, 5.41) is 6.69. The number of hydrogen-bond acceptors (Lipinski definition) is 6. The first kappa shape index (κ1) is 18.4. The zero-order valence-corrected chi connectivity index (χ0v) is 15.4. The molecule has 0 bridgehead atoms. The fourth-order valence-electron chi connectivity index (χ4n) is 2.49. The lowest BCUT2D eigenvalue weighted by Gasteiger charge is -2.16. The molecule has 1 unspecified atom stereocenters. The molecule has 0 aliphatic carbocycles. The third-order valence-electron chi connectivity index (χ3n) is 3.90. The molecule has 0 radical (unpaired) electrons. The molecule has 1 aromatic heterocycles. The van der Waals surface area contributed by atoms with Crippen LogP contribution in [0.5, 0.6) is 11.5 Å². The average Bonchev–Trinajstić information content (AvgIpc) is 3.15. The number of aromatic nitrogens is 2. The molecule has 1 N–H and O–H groups in total. The second-order valence-electron chi connectivity index (χ2n) is 6.01. The molecule has 0 aliphatic rings. The molecule has 3 aromatic rings. The number of nitrogens with zero attached hydrogens (tertiary/aromatic N) is 2. The van der Waals surface area contributed by atoms with Crippen LogP contribution in [0, 0.1) is 6.92 Å². The molecule has 0 saturated heterocycles. The maximum absolute atomic E-state index is 12.3. The van der Waals surface area contributed by atoms with Gasteiger partial charge in [0.25, 0.3) is 5.91 Å². The minimum Gasteiger partial charge on any atom is -0.493 e. The van der Waals surface area contributed by atoms with E-state index in [9.17, 15) is 4.79 Å². The van der Waals surface area contributed by atoms with Crippen molar-refractivity contribution >= 4 is 5.91 Å². The second-order valence-corrected chi connectivity index (χ2v) is 6.01. The molecule has 7 nitrogen and oxygen atoms in total. The molecule has 1 amide bonds. The van der Waals surface area contributed by atoms with Crippen LogP contribution in [0.2, 0.25) is 0 Å². The predicted octanol–water partition coefficient (Wildman–Crippen LogP) is 3.14. The highest BCUT2D eigenvalue weighted by Crippen LogP contribution is 2.26. The van der Waals surface area contributed by atoms with Gasteiger partial charge in [-0.3, -0.25) is 4.79 Å². The van der Waals surface area contributed by atoms with Crippen LogP contribution in [-0.2, 0) is 11.3 Å². The van der Waals surface area contributed by atoms with E-state index in [0.717, 1.165) is 11.1 Å². The monoisotopic (exact) mass is 367 g/mol. The molecule has 3 rings (SSSR count). The Balaban J connectivity index is 1.57. The van der Waals surface area contributed by atoms with Crippen LogP contribution in [0.4, 0.5) is 0 Å². The SMILES string of the molecule is COc1ccccc1OC(C)C(=O)NCc1nc(-c2cccc(C)c2)no1. The number of benzene rings is 2. The van der Waals surface area contributed by atoms with Gasteiger partial charge in [0.05, 0.1) is 13.7 Å². The van der Waals surface area contributed by atoms with E-state index < -0.39 is 6.10 Å². The zero-order chi connectivity index (χ0) is 19.2. The Morgan fingerprint density at radius 1 is 1.19 bits per heavy atom. The number of ether oxygens (including phenoxy) is 2. The van der Waals surface area contributed by atoms with E-state index in [1.807, 2.05) is 43.3 Å². The van der Waals surface area contributed by atoms with E-state index in [1.54, 1.807) is 26.2 Å². The summed E-state index contributed by atoms with van der Waals surface area (Å²) in [4.78, 5) is 16.6. The maximum atomic E-state index is 12.3. The zero-order valence-electron chi connectivity index (χ0n) is 15.4. The Morgan fingerprint density at radius 3 is 2.70 bits per heavy atom. The first-order valence-corrected chi connectivity index (χ1v) is 8.54. The van der Waals surface area contributed by atoms with Gasteiger partial charge in [0.15, 0.2) is 17.6 Å². The van der Waals surface area contributed by atoms with Crippen LogP contribution in [0.3, 0.4) is 0 Å². The third kappa shape index (κ3) is 4.63. The standard InChI is InChI=1S/C20H21N3O4/c1-13-7-6-8-15(11-13)19-22-18(27-23-19)12-21-20(24)14(2)26-17-10-5-4-9-16(17)25-3/h4-11,14H,12H2,1-3H3,(H,21,24). The summed E-state index contributed by atoms with van der Waals surface area (Å²) in [6.07, 6.45) is -0.708. The number of carbonyl (C=O) groups excluding carboxylic acids is 1. The molecule has 2 aromatic carbocycles. The summed E-state index contributed by atoms with van der Waals surface area (Å²) in [5.74, 6) is 1.58. The third-order valence-corrected chi connectivity index (χ3v) is 3.90. The lowest BCUT2D eigenvalue weighted by Crippen LogP contribution is -2.36. The van der Waals surface area contributed by atoms with Crippen molar-refractivity contribution in [2.24, 2.45) is 0 Å². The average molecular weight is 367 g/mol. The molecule has 0 fully saturated rings. The molecule has 0 saturated carbocycles. The molecule has 7 heteroatoms. The summed E-state index contributed by atoms with van der Waals surface area (Å²) < 4.78 is 16.1. The molecule has 1 heterocycles. The van der Waals surface area contributed by atoms with Gasteiger partial charge in [-0.05, 0) is 32.0 Å². The highest BCUT2D eigenvalue weighted by molar-refractivity contribution is 5.80. The lowest BCUT2D eigenvalue weighted by atomic mass is 10.1. The minimum atomic E-state index is -0.708. The van der Waals surface area contributed by atoms with Gasteiger partial charge in [-0.25, -0.2) is 0 Å². The van der Waals surface area contributed by atoms with Crippen LogP contribution < -0.4 is 14.8 Å². The van der Waals surface area contributed by atoms with Gasteiger partial charge in [-0.15, -0.1) is 0 Å². The van der Waals surface area contributed by atoms with E-state index in [0.29, 0.717) is 23.2 Å². The number of rotatable bonds is 7. The number of aryl methyl sites for hydroxylation is 1. The minimum absolute atomic E-state index is 0.122. The van der Waals surface area contributed by atoms with Crippen molar-refractivity contribution in [3.63, 3.8) is 0 Å². The summed E-state index contributed by atoms with van der Waals surface area (Å²) in [5.41, 5.74) is 1.97. The first-order chi connectivity index (χ1) is 13.1. The highest BCUT2D eigenvalue weighted by atomic mass is 16.5. The van der Waals surface area contributed by atoms with E-state index in [-0.39, 0.29) is 12.5 Å². The molecule has 0 aliphatic heterocycles. The Labute approximate surface area is 157 Å². The van der Waals surface area contributed by atoms with Crippen LogP contribution in [-0.4, -0.2) is 29.3 Å². The number of para-hydroxylation sites is 2. The Morgan fingerprint density at radius 2 is 1.96 bits per heavy atom. The van der Waals surface area contributed by atoms with Crippen molar-refractivity contribution in [2.75, 3.05) is 7.11 Å². The van der Waals surface area contributed by atoms with Crippen LogP contribution >= 0.6 is 0 Å². The summed E-state index contributed by atoms with van der Waals surface area (Å²) in [7, 11) is 1.55. The smallest absolute Gasteiger partial charge is 0.261 e. The van der Waals surface area contributed by atoms with Gasteiger partial charge >= 0.3 is 0 Å². The normalized spacial score (nSPS) is 11.7. The Hall–Kier alpha value is -3.35. The molecule has 0 spiro atoms. The van der Waals surface area contributed by atoms with Crippen molar-refractivity contribution in [1.82, 2.24) is 15.5 Å².